The molecule has 1 aliphatic heterocycles. The molecule has 1 heterocycles. The van der Waals surface area contributed by atoms with Gasteiger partial charge in [0.15, 0.2) is 0 Å². The first-order valence-corrected chi connectivity index (χ1v) is 6.99. The Morgan fingerprint density at radius 1 is 1.33 bits per heavy atom. The lowest BCUT2D eigenvalue weighted by molar-refractivity contribution is 0.0676. The molecule has 100 valence electrons. The van der Waals surface area contributed by atoms with Crippen molar-refractivity contribution in [3.8, 4) is 0 Å². The minimum atomic E-state index is 0.377. The summed E-state index contributed by atoms with van der Waals surface area (Å²) < 4.78 is 5.82. The molecular formula is C15H24N2O. The van der Waals surface area contributed by atoms with E-state index in [1.807, 2.05) is 0 Å². The summed E-state index contributed by atoms with van der Waals surface area (Å²) in [5, 5.41) is 0. The Labute approximate surface area is 110 Å². The third-order valence-electron chi connectivity index (χ3n) is 3.56. The van der Waals surface area contributed by atoms with E-state index >= 15 is 0 Å². The normalized spacial score (nSPS) is 19.4. The van der Waals surface area contributed by atoms with Gasteiger partial charge in [-0.15, -0.1) is 0 Å². The van der Waals surface area contributed by atoms with Gasteiger partial charge in [0.1, 0.15) is 0 Å². The van der Waals surface area contributed by atoms with Crippen LogP contribution in [0.15, 0.2) is 24.3 Å². The lowest BCUT2D eigenvalue weighted by Gasteiger charge is -2.19. The largest absolute Gasteiger partial charge is 0.376 e. The predicted octanol–water partition coefficient (Wildman–Crippen LogP) is 2.19. The van der Waals surface area contributed by atoms with Gasteiger partial charge in [0.2, 0.25) is 0 Å². The summed E-state index contributed by atoms with van der Waals surface area (Å²) in [6.07, 6.45) is 3.56. The van der Waals surface area contributed by atoms with E-state index in [9.17, 15) is 0 Å². The summed E-state index contributed by atoms with van der Waals surface area (Å²) in [5.41, 5.74) is 8.18. The van der Waals surface area contributed by atoms with Gasteiger partial charge in [-0.05, 0) is 43.5 Å². The number of hydrogen-bond donors (Lipinski definition) is 1. The van der Waals surface area contributed by atoms with Crippen molar-refractivity contribution in [2.45, 2.75) is 32.3 Å². The second-order valence-electron chi connectivity index (χ2n) is 4.89. The number of hydrogen-bond acceptors (Lipinski definition) is 3. The molecule has 0 saturated carbocycles. The van der Waals surface area contributed by atoms with Crippen molar-refractivity contribution in [2.24, 2.45) is 5.73 Å². The van der Waals surface area contributed by atoms with E-state index in [0.717, 1.165) is 45.5 Å². The van der Waals surface area contributed by atoms with Crippen molar-refractivity contribution in [2.75, 3.05) is 31.1 Å². The smallest absolute Gasteiger partial charge is 0.0766 e. The van der Waals surface area contributed by atoms with E-state index in [4.69, 9.17) is 10.5 Å². The zero-order chi connectivity index (χ0) is 12.8. The van der Waals surface area contributed by atoms with Gasteiger partial charge < -0.3 is 15.4 Å². The van der Waals surface area contributed by atoms with Gasteiger partial charge in [0.25, 0.3) is 0 Å². The van der Waals surface area contributed by atoms with Crippen molar-refractivity contribution in [1.82, 2.24) is 0 Å². The summed E-state index contributed by atoms with van der Waals surface area (Å²) in [4.78, 5) is 2.41. The van der Waals surface area contributed by atoms with Crippen LogP contribution in [0.25, 0.3) is 0 Å². The van der Waals surface area contributed by atoms with Gasteiger partial charge in [-0.3, -0.25) is 0 Å². The Bertz CT molecular complexity index is 350. The first kappa shape index (κ1) is 13.4. The van der Waals surface area contributed by atoms with E-state index in [1.54, 1.807) is 0 Å². The van der Waals surface area contributed by atoms with Crippen LogP contribution >= 0.6 is 0 Å². The molecule has 1 fully saturated rings. The Balaban J connectivity index is 1.83. The van der Waals surface area contributed by atoms with Crippen LogP contribution in [0.5, 0.6) is 0 Å². The Hall–Kier alpha value is -1.06. The number of rotatable bonds is 6. The highest BCUT2D eigenvalue weighted by Crippen LogP contribution is 2.22. The molecule has 18 heavy (non-hydrogen) atoms. The van der Waals surface area contributed by atoms with E-state index < -0.39 is 0 Å². The second-order valence-corrected chi connectivity index (χ2v) is 4.89. The van der Waals surface area contributed by atoms with E-state index in [2.05, 4.69) is 36.1 Å². The highest BCUT2D eigenvalue weighted by molar-refractivity contribution is 5.48. The second kappa shape index (κ2) is 6.76. The van der Waals surface area contributed by atoms with Gasteiger partial charge in [-0.1, -0.05) is 19.1 Å². The molecule has 0 unspecified atom stereocenters. The number of anilines is 1. The summed E-state index contributed by atoms with van der Waals surface area (Å²) in [6, 6.07) is 8.89. The van der Waals surface area contributed by atoms with Gasteiger partial charge in [0, 0.05) is 25.4 Å². The van der Waals surface area contributed by atoms with Gasteiger partial charge in [0.05, 0.1) is 6.10 Å². The first-order valence-electron chi connectivity index (χ1n) is 6.99. The Morgan fingerprint density at radius 2 is 2.11 bits per heavy atom. The Morgan fingerprint density at radius 3 is 2.78 bits per heavy atom. The molecule has 1 atom stereocenters. The summed E-state index contributed by atoms with van der Waals surface area (Å²) >= 11 is 0. The summed E-state index contributed by atoms with van der Waals surface area (Å²) in [5.74, 6) is 0. The van der Waals surface area contributed by atoms with E-state index in [1.165, 1.54) is 11.3 Å². The monoisotopic (exact) mass is 248 g/mol. The molecule has 1 saturated heterocycles. The maximum atomic E-state index is 5.82. The standard InChI is InChI=1S/C15H24N2O/c1-2-13-4-6-14(7-5-13)17-10-8-15(12-17)18-11-3-9-16/h4-7,15H,2-3,8-12,16H2,1H3/t15-/m1/s1. The van der Waals surface area contributed by atoms with Gasteiger partial charge >= 0.3 is 0 Å². The zero-order valence-electron chi connectivity index (χ0n) is 11.3. The van der Waals surface area contributed by atoms with Crippen LogP contribution in [0, 0.1) is 0 Å². The third-order valence-corrected chi connectivity index (χ3v) is 3.56. The van der Waals surface area contributed by atoms with Crippen LogP contribution in [0.1, 0.15) is 25.3 Å². The van der Waals surface area contributed by atoms with Crippen LogP contribution in [0.3, 0.4) is 0 Å². The highest BCUT2D eigenvalue weighted by Gasteiger charge is 2.22. The molecule has 1 aromatic carbocycles. The summed E-state index contributed by atoms with van der Waals surface area (Å²) in [6.45, 7) is 5.81. The molecule has 0 spiro atoms. The van der Waals surface area contributed by atoms with Crippen LogP contribution in [0.4, 0.5) is 5.69 Å². The third kappa shape index (κ3) is 3.47. The predicted molar refractivity (Wildman–Crippen MR) is 76.1 cm³/mol. The molecule has 0 bridgehead atoms. The van der Waals surface area contributed by atoms with Gasteiger partial charge in [-0.2, -0.15) is 0 Å². The van der Waals surface area contributed by atoms with Crippen molar-refractivity contribution in [3.63, 3.8) is 0 Å². The lowest BCUT2D eigenvalue weighted by Crippen LogP contribution is -2.23. The molecule has 1 aromatic rings. The van der Waals surface area contributed by atoms with Crippen LogP contribution in [-0.2, 0) is 11.2 Å². The lowest BCUT2D eigenvalue weighted by atomic mass is 10.1. The topological polar surface area (TPSA) is 38.5 Å². The number of nitrogens with two attached hydrogens (primary N) is 1. The first-order chi connectivity index (χ1) is 8.83. The maximum Gasteiger partial charge on any atom is 0.0766 e. The minimum Gasteiger partial charge on any atom is -0.376 e. The molecule has 0 radical (unpaired) electrons. The SMILES string of the molecule is CCc1ccc(N2CC[C@@H](OCCCN)C2)cc1. The van der Waals surface area contributed by atoms with Crippen molar-refractivity contribution in [1.29, 1.82) is 0 Å². The molecule has 1 aliphatic rings. The fourth-order valence-corrected chi connectivity index (χ4v) is 2.37. The molecule has 2 N–H and O–H groups in total. The number of ether oxygens (including phenoxy) is 1. The molecule has 0 aromatic heterocycles. The zero-order valence-corrected chi connectivity index (χ0v) is 11.3. The number of benzene rings is 1. The molecule has 3 heteroatoms. The minimum absolute atomic E-state index is 0.377. The number of aryl methyl sites for hydroxylation is 1. The molecule has 2 rings (SSSR count). The number of nitrogens with zero attached hydrogens (tertiary/aromatic N) is 1. The average molecular weight is 248 g/mol. The van der Waals surface area contributed by atoms with Crippen molar-refractivity contribution in [3.05, 3.63) is 29.8 Å². The Kier molecular flexibility index (Phi) is 5.02. The molecule has 0 aliphatic carbocycles. The van der Waals surface area contributed by atoms with Gasteiger partial charge in [-0.25, -0.2) is 0 Å². The van der Waals surface area contributed by atoms with Crippen LogP contribution in [0.2, 0.25) is 0 Å². The highest BCUT2D eigenvalue weighted by atomic mass is 16.5. The molecule has 0 amide bonds. The van der Waals surface area contributed by atoms with Crippen LogP contribution in [-0.4, -0.2) is 32.3 Å². The fourth-order valence-electron chi connectivity index (χ4n) is 2.37. The van der Waals surface area contributed by atoms with Crippen molar-refractivity contribution < 1.29 is 4.74 Å². The van der Waals surface area contributed by atoms with E-state index in [0.29, 0.717) is 6.10 Å². The molecule has 3 nitrogen and oxygen atoms in total. The van der Waals surface area contributed by atoms with Crippen LogP contribution < -0.4 is 10.6 Å². The average Bonchev–Trinajstić information content (AvgIpc) is 2.88. The maximum absolute atomic E-state index is 5.82. The molecular weight excluding hydrogens is 224 g/mol. The fraction of sp³-hybridized carbons (Fsp3) is 0.600. The van der Waals surface area contributed by atoms with E-state index in [-0.39, 0.29) is 0 Å². The van der Waals surface area contributed by atoms with Crippen molar-refractivity contribution >= 4 is 5.69 Å². The summed E-state index contributed by atoms with van der Waals surface area (Å²) in [7, 11) is 0. The quantitative estimate of drug-likeness (QED) is 0.784.